The minimum absolute atomic E-state index is 0.143. The Balaban J connectivity index is 2.18. The molecule has 0 saturated heterocycles. The van der Waals surface area contributed by atoms with Gasteiger partial charge in [-0.25, -0.2) is 4.39 Å². The Morgan fingerprint density at radius 1 is 1.30 bits per heavy atom. The van der Waals surface area contributed by atoms with Crippen LogP contribution < -0.4 is 5.32 Å². The highest BCUT2D eigenvalue weighted by Gasteiger charge is 2.15. The molecule has 0 spiro atoms. The van der Waals surface area contributed by atoms with E-state index in [0.29, 0.717) is 6.42 Å². The van der Waals surface area contributed by atoms with Gasteiger partial charge >= 0.3 is 0 Å². The molecule has 0 radical (unpaired) electrons. The highest BCUT2D eigenvalue weighted by molar-refractivity contribution is 9.10. The van der Waals surface area contributed by atoms with E-state index >= 15 is 0 Å². The minimum atomic E-state index is -0.143. The van der Waals surface area contributed by atoms with Gasteiger partial charge in [-0.2, -0.15) is 0 Å². The van der Waals surface area contributed by atoms with Crippen molar-refractivity contribution in [2.24, 2.45) is 0 Å². The average molecular weight is 356 g/mol. The topological polar surface area (TPSA) is 12.0 Å². The van der Waals surface area contributed by atoms with Crippen LogP contribution >= 0.6 is 27.3 Å². The van der Waals surface area contributed by atoms with Gasteiger partial charge in [0.2, 0.25) is 0 Å². The molecule has 1 unspecified atom stereocenters. The molecule has 4 heteroatoms. The van der Waals surface area contributed by atoms with E-state index in [1.54, 1.807) is 11.3 Å². The van der Waals surface area contributed by atoms with E-state index in [4.69, 9.17) is 0 Å². The predicted molar refractivity (Wildman–Crippen MR) is 87.9 cm³/mol. The number of hydrogen-bond acceptors (Lipinski definition) is 2. The van der Waals surface area contributed by atoms with Crippen LogP contribution in [0.15, 0.2) is 34.8 Å². The maximum absolute atomic E-state index is 14.0. The number of thiophene rings is 1. The molecule has 0 aliphatic rings. The van der Waals surface area contributed by atoms with Gasteiger partial charge in [0.15, 0.2) is 0 Å². The zero-order valence-electron chi connectivity index (χ0n) is 11.7. The van der Waals surface area contributed by atoms with Gasteiger partial charge in [0.05, 0.1) is 0 Å². The highest BCUT2D eigenvalue weighted by Crippen LogP contribution is 2.27. The molecule has 0 bridgehead atoms. The molecule has 0 aliphatic carbocycles. The van der Waals surface area contributed by atoms with Gasteiger partial charge in [-0.1, -0.05) is 28.9 Å². The molecule has 2 rings (SSSR count). The van der Waals surface area contributed by atoms with Crippen molar-refractivity contribution in [2.45, 2.75) is 32.7 Å². The van der Waals surface area contributed by atoms with E-state index in [9.17, 15) is 4.39 Å². The normalized spacial score (nSPS) is 12.6. The summed E-state index contributed by atoms with van der Waals surface area (Å²) in [6.07, 6.45) is 1.75. The third-order valence-electron chi connectivity index (χ3n) is 3.18. The second kappa shape index (κ2) is 7.34. The summed E-state index contributed by atoms with van der Waals surface area (Å²) in [5, 5.41) is 3.52. The van der Waals surface area contributed by atoms with E-state index in [1.165, 1.54) is 15.8 Å². The molecule has 1 aromatic carbocycles. The number of rotatable bonds is 6. The first-order valence-corrected chi connectivity index (χ1v) is 8.44. The van der Waals surface area contributed by atoms with Gasteiger partial charge in [-0.3, -0.25) is 0 Å². The largest absolute Gasteiger partial charge is 0.309 e. The Kier molecular flexibility index (Phi) is 5.75. The van der Waals surface area contributed by atoms with E-state index < -0.39 is 0 Å². The first-order valence-electron chi connectivity index (χ1n) is 6.83. The standard InChI is InChI=1S/C16H19BrFNS/c1-3-8-19-15(16-7-4-11(2)20-16)9-12-5-6-13(17)10-14(12)18/h4-7,10,15,19H,3,8-9H2,1-2H3. The van der Waals surface area contributed by atoms with Crippen LogP contribution in [-0.2, 0) is 6.42 Å². The van der Waals surface area contributed by atoms with Crippen molar-refractivity contribution in [1.82, 2.24) is 5.32 Å². The van der Waals surface area contributed by atoms with Crippen LogP contribution in [0.25, 0.3) is 0 Å². The lowest BCUT2D eigenvalue weighted by Gasteiger charge is -2.18. The first-order chi connectivity index (χ1) is 9.60. The Morgan fingerprint density at radius 3 is 2.70 bits per heavy atom. The molecule has 108 valence electrons. The monoisotopic (exact) mass is 355 g/mol. The molecule has 1 heterocycles. The van der Waals surface area contributed by atoms with Gasteiger partial charge in [0, 0.05) is 20.3 Å². The fourth-order valence-electron chi connectivity index (χ4n) is 2.14. The summed E-state index contributed by atoms with van der Waals surface area (Å²) < 4.78 is 14.8. The van der Waals surface area contributed by atoms with Gasteiger partial charge < -0.3 is 5.32 Å². The van der Waals surface area contributed by atoms with Gasteiger partial charge in [0.1, 0.15) is 5.82 Å². The fourth-order valence-corrected chi connectivity index (χ4v) is 3.43. The van der Waals surface area contributed by atoms with E-state index in [-0.39, 0.29) is 11.9 Å². The molecular weight excluding hydrogens is 337 g/mol. The Bertz CT molecular complexity index is 567. The number of hydrogen-bond donors (Lipinski definition) is 1. The Morgan fingerprint density at radius 2 is 2.10 bits per heavy atom. The average Bonchev–Trinajstić information content (AvgIpc) is 2.83. The number of halogens is 2. The maximum Gasteiger partial charge on any atom is 0.127 e. The molecule has 0 saturated carbocycles. The van der Waals surface area contributed by atoms with Crippen molar-refractivity contribution in [1.29, 1.82) is 0 Å². The van der Waals surface area contributed by atoms with Crippen LogP contribution in [0, 0.1) is 12.7 Å². The van der Waals surface area contributed by atoms with Crippen molar-refractivity contribution in [3.05, 3.63) is 55.9 Å². The smallest absolute Gasteiger partial charge is 0.127 e. The zero-order valence-corrected chi connectivity index (χ0v) is 14.2. The third kappa shape index (κ3) is 4.14. The predicted octanol–water partition coefficient (Wildman–Crippen LogP) is 5.24. The molecule has 1 nitrogen and oxygen atoms in total. The summed E-state index contributed by atoms with van der Waals surface area (Å²) in [6.45, 7) is 5.19. The lowest BCUT2D eigenvalue weighted by Crippen LogP contribution is -2.23. The number of aryl methyl sites for hydroxylation is 1. The molecule has 1 aromatic heterocycles. The Hall–Kier alpha value is -0.710. The van der Waals surface area contributed by atoms with Crippen molar-refractivity contribution >= 4 is 27.3 Å². The van der Waals surface area contributed by atoms with Crippen molar-refractivity contribution in [3.63, 3.8) is 0 Å². The van der Waals surface area contributed by atoms with Crippen LogP contribution in [0.1, 0.15) is 34.7 Å². The summed E-state index contributed by atoms with van der Waals surface area (Å²) in [7, 11) is 0. The second-order valence-corrected chi connectivity index (χ2v) is 7.13. The first kappa shape index (κ1) is 15.7. The quantitative estimate of drug-likeness (QED) is 0.746. The summed E-state index contributed by atoms with van der Waals surface area (Å²) in [5.74, 6) is -0.143. The molecule has 1 atom stereocenters. The van der Waals surface area contributed by atoms with E-state index in [2.05, 4.69) is 47.2 Å². The molecule has 0 aliphatic heterocycles. The van der Waals surface area contributed by atoms with E-state index in [1.807, 2.05) is 12.1 Å². The van der Waals surface area contributed by atoms with Gasteiger partial charge in [-0.05, 0) is 56.1 Å². The van der Waals surface area contributed by atoms with E-state index in [0.717, 1.165) is 23.0 Å². The van der Waals surface area contributed by atoms with Crippen LogP contribution in [0.5, 0.6) is 0 Å². The second-order valence-electron chi connectivity index (χ2n) is 4.89. The molecule has 2 aromatic rings. The van der Waals surface area contributed by atoms with Crippen LogP contribution in [-0.4, -0.2) is 6.54 Å². The molecular formula is C16H19BrFNS. The molecule has 0 amide bonds. The maximum atomic E-state index is 14.0. The van der Waals surface area contributed by atoms with Crippen LogP contribution in [0.2, 0.25) is 0 Å². The van der Waals surface area contributed by atoms with Crippen LogP contribution in [0.3, 0.4) is 0 Å². The van der Waals surface area contributed by atoms with Crippen molar-refractivity contribution in [3.8, 4) is 0 Å². The zero-order chi connectivity index (χ0) is 14.5. The summed E-state index contributed by atoms with van der Waals surface area (Å²) in [4.78, 5) is 2.57. The minimum Gasteiger partial charge on any atom is -0.309 e. The molecule has 1 N–H and O–H groups in total. The summed E-state index contributed by atoms with van der Waals surface area (Å²) in [6, 6.07) is 9.74. The van der Waals surface area contributed by atoms with Gasteiger partial charge in [0.25, 0.3) is 0 Å². The SMILES string of the molecule is CCCNC(Cc1ccc(Br)cc1F)c1ccc(C)s1. The number of nitrogens with one attached hydrogen (secondary N) is 1. The molecule has 0 fully saturated rings. The summed E-state index contributed by atoms with van der Waals surface area (Å²) in [5.41, 5.74) is 0.757. The van der Waals surface area contributed by atoms with Gasteiger partial charge in [-0.15, -0.1) is 11.3 Å². The fraction of sp³-hybridized carbons (Fsp3) is 0.375. The molecule has 20 heavy (non-hydrogen) atoms. The Labute approximate surface area is 132 Å². The lowest BCUT2D eigenvalue weighted by atomic mass is 10.0. The third-order valence-corrected chi connectivity index (χ3v) is 4.79. The number of benzene rings is 1. The highest BCUT2D eigenvalue weighted by atomic mass is 79.9. The van der Waals surface area contributed by atoms with Crippen LogP contribution in [0.4, 0.5) is 4.39 Å². The summed E-state index contributed by atoms with van der Waals surface area (Å²) >= 11 is 5.08. The van der Waals surface area contributed by atoms with Crippen molar-refractivity contribution in [2.75, 3.05) is 6.54 Å². The van der Waals surface area contributed by atoms with Crippen molar-refractivity contribution < 1.29 is 4.39 Å². The lowest BCUT2D eigenvalue weighted by molar-refractivity contribution is 0.519.